The van der Waals surface area contributed by atoms with Gasteiger partial charge in [-0.2, -0.15) is 0 Å². The normalized spacial score (nSPS) is 11.8. The lowest BCUT2D eigenvalue weighted by atomic mass is 10.2. The SMILES string of the molecule is Cc1sc2ncn(Cc3nnc4n(C)c(=O)c5ccccc5n34)c(=O)c2c1C. The quantitative estimate of drug-likeness (QED) is 0.459. The molecule has 0 aliphatic rings. The number of para-hydroxylation sites is 1. The minimum absolute atomic E-state index is 0.0993. The Bertz CT molecular complexity index is 1520. The molecule has 0 saturated carbocycles. The number of benzene rings is 1. The highest BCUT2D eigenvalue weighted by atomic mass is 32.1. The topological polar surface area (TPSA) is 87.1 Å². The second-order valence-electron chi connectivity index (χ2n) is 6.77. The van der Waals surface area contributed by atoms with E-state index in [1.165, 1.54) is 20.5 Å². The number of hydrogen-bond donors (Lipinski definition) is 0. The van der Waals surface area contributed by atoms with E-state index in [1.807, 2.05) is 36.4 Å². The summed E-state index contributed by atoms with van der Waals surface area (Å²) >= 11 is 1.52. The highest BCUT2D eigenvalue weighted by Crippen LogP contribution is 2.25. The fourth-order valence-corrected chi connectivity index (χ4v) is 4.52. The maximum atomic E-state index is 13.0. The van der Waals surface area contributed by atoms with Crippen molar-refractivity contribution < 1.29 is 0 Å². The van der Waals surface area contributed by atoms with Crippen molar-refractivity contribution in [3.63, 3.8) is 0 Å². The Labute approximate surface area is 162 Å². The van der Waals surface area contributed by atoms with E-state index in [9.17, 15) is 9.59 Å². The molecule has 1 aromatic carbocycles. The molecule has 5 rings (SSSR count). The van der Waals surface area contributed by atoms with E-state index >= 15 is 0 Å². The molecular weight excluding hydrogens is 376 g/mol. The van der Waals surface area contributed by atoms with E-state index in [4.69, 9.17) is 0 Å². The van der Waals surface area contributed by atoms with Crippen molar-refractivity contribution in [3.8, 4) is 0 Å². The van der Waals surface area contributed by atoms with Gasteiger partial charge in [-0.15, -0.1) is 21.5 Å². The first-order valence-electron chi connectivity index (χ1n) is 8.74. The molecule has 0 bridgehead atoms. The van der Waals surface area contributed by atoms with Gasteiger partial charge in [0.15, 0.2) is 5.82 Å². The number of rotatable bonds is 2. The van der Waals surface area contributed by atoms with Crippen LogP contribution in [0.25, 0.3) is 26.9 Å². The van der Waals surface area contributed by atoms with Gasteiger partial charge in [-0.3, -0.25) is 23.1 Å². The molecule has 4 heterocycles. The molecule has 0 aliphatic carbocycles. The molecule has 0 amide bonds. The van der Waals surface area contributed by atoms with Gasteiger partial charge in [-0.1, -0.05) is 12.1 Å². The van der Waals surface area contributed by atoms with Gasteiger partial charge in [-0.25, -0.2) is 4.98 Å². The minimum Gasteiger partial charge on any atom is -0.291 e. The van der Waals surface area contributed by atoms with E-state index < -0.39 is 0 Å². The molecule has 140 valence electrons. The second-order valence-corrected chi connectivity index (χ2v) is 7.98. The van der Waals surface area contributed by atoms with Gasteiger partial charge < -0.3 is 0 Å². The summed E-state index contributed by atoms with van der Waals surface area (Å²) in [4.78, 5) is 31.9. The van der Waals surface area contributed by atoms with Gasteiger partial charge in [0, 0.05) is 11.9 Å². The van der Waals surface area contributed by atoms with Crippen molar-refractivity contribution in [3.05, 3.63) is 67.6 Å². The Morgan fingerprint density at radius 1 is 1.07 bits per heavy atom. The van der Waals surface area contributed by atoms with E-state index in [0.29, 0.717) is 27.9 Å². The Morgan fingerprint density at radius 3 is 2.68 bits per heavy atom. The number of fused-ring (bicyclic) bond motifs is 4. The molecule has 0 radical (unpaired) electrons. The monoisotopic (exact) mass is 392 g/mol. The summed E-state index contributed by atoms with van der Waals surface area (Å²) in [6.45, 7) is 4.14. The lowest BCUT2D eigenvalue weighted by Gasteiger charge is -2.09. The Morgan fingerprint density at radius 2 is 1.86 bits per heavy atom. The van der Waals surface area contributed by atoms with Crippen LogP contribution in [0.1, 0.15) is 16.3 Å². The van der Waals surface area contributed by atoms with Gasteiger partial charge in [0.25, 0.3) is 11.1 Å². The zero-order valence-corrected chi connectivity index (χ0v) is 16.3. The predicted octanol–water partition coefficient (Wildman–Crippen LogP) is 2.02. The van der Waals surface area contributed by atoms with Crippen LogP contribution in [0, 0.1) is 13.8 Å². The lowest BCUT2D eigenvalue weighted by Crippen LogP contribution is -2.23. The number of hydrogen-bond acceptors (Lipinski definition) is 6. The summed E-state index contributed by atoms with van der Waals surface area (Å²) in [7, 11) is 1.67. The number of nitrogens with zero attached hydrogens (tertiary/aromatic N) is 6. The molecule has 0 N–H and O–H groups in total. The molecule has 4 aromatic heterocycles. The first-order chi connectivity index (χ1) is 13.5. The van der Waals surface area contributed by atoms with Gasteiger partial charge in [0.1, 0.15) is 4.83 Å². The van der Waals surface area contributed by atoms with E-state index in [-0.39, 0.29) is 17.7 Å². The van der Waals surface area contributed by atoms with Gasteiger partial charge >= 0.3 is 0 Å². The van der Waals surface area contributed by atoms with Crippen LogP contribution in [0.5, 0.6) is 0 Å². The molecule has 9 heteroatoms. The number of aromatic nitrogens is 6. The molecular formula is C19H16N6O2S. The average molecular weight is 392 g/mol. The Hall–Kier alpha value is -3.33. The van der Waals surface area contributed by atoms with E-state index in [2.05, 4.69) is 15.2 Å². The summed E-state index contributed by atoms with van der Waals surface area (Å²) in [5.41, 5.74) is 1.44. The molecule has 5 aromatic rings. The summed E-state index contributed by atoms with van der Waals surface area (Å²) in [5, 5.41) is 9.66. The van der Waals surface area contributed by atoms with E-state index in [0.717, 1.165) is 15.3 Å². The molecule has 0 saturated heterocycles. The number of aryl methyl sites for hydroxylation is 3. The van der Waals surface area contributed by atoms with Crippen LogP contribution >= 0.6 is 11.3 Å². The Kier molecular flexibility index (Phi) is 3.50. The van der Waals surface area contributed by atoms with Crippen molar-refractivity contribution >= 4 is 38.2 Å². The predicted molar refractivity (Wildman–Crippen MR) is 108 cm³/mol. The lowest BCUT2D eigenvalue weighted by molar-refractivity contribution is 0.701. The first-order valence-corrected chi connectivity index (χ1v) is 9.56. The van der Waals surface area contributed by atoms with Crippen LogP contribution in [-0.2, 0) is 13.6 Å². The van der Waals surface area contributed by atoms with Crippen LogP contribution in [-0.4, -0.2) is 28.7 Å². The summed E-state index contributed by atoms with van der Waals surface area (Å²) in [6.07, 6.45) is 1.55. The zero-order chi connectivity index (χ0) is 19.6. The highest BCUT2D eigenvalue weighted by Gasteiger charge is 2.17. The zero-order valence-electron chi connectivity index (χ0n) is 15.5. The van der Waals surface area contributed by atoms with Crippen molar-refractivity contribution in [2.75, 3.05) is 0 Å². The fourth-order valence-electron chi connectivity index (χ4n) is 3.53. The molecule has 0 fully saturated rings. The maximum absolute atomic E-state index is 13.0. The van der Waals surface area contributed by atoms with Crippen molar-refractivity contribution in [2.45, 2.75) is 20.4 Å². The first kappa shape index (κ1) is 16.8. The third kappa shape index (κ3) is 2.19. The highest BCUT2D eigenvalue weighted by molar-refractivity contribution is 7.18. The molecule has 0 aliphatic heterocycles. The summed E-state index contributed by atoms with van der Waals surface area (Å²) in [6, 6.07) is 7.32. The summed E-state index contributed by atoms with van der Waals surface area (Å²) < 4.78 is 4.83. The van der Waals surface area contributed by atoms with Crippen LogP contribution in [0.15, 0.2) is 40.2 Å². The summed E-state index contributed by atoms with van der Waals surface area (Å²) in [5.74, 6) is 0.998. The third-order valence-electron chi connectivity index (χ3n) is 5.16. The van der Waals surface area contributed by atoms with Crippen molar-refractivity contribution in [1.82, 2.24) is 28.7 Å². The molecule has 0 unspecified atom stereocenters. The van der Waals surface area contributed by atoms with Crippen LogP contribution in [0.3, 0.4) is 0 Å². The largest absolute Gasteiger partial charge is 0.291 e. The van der Waals surface area contributed by atoms with Crippen molar-refractivity contribution in [2.24, 2.45) is 7.05 Å². The molecule has 0 atom stereocenters. The second kappa shape index (κ2) is 5.83. The molecule has 0 spiro atoms. The van der Waals surface area contributed by atoms with Gasteiger partial charge in [-0.05, 0) is 31.5 Å². The van der Waals surface area contributed by atoms with Crippen molar-refractivity contribution in [1.29, 1.82) is 0 Å². The minimum atomic E-state index is -0.133. The fraction of sp³-hybridized carbons (Fsp3) is 0.211. The molecule has 8 nitrogen and oxygen atoms in total. The third-order valence-corrected chi connectivity index (χ3v) is 6.28. The van der Waals surface area contributed by atoms with Crippen LogP contribution in [0.4, 0.5) is 0 Å². The van der Waals surface area contributed by atoms with Gasteiger partial charge in [0.05, 0.1) is 29.2 Å². The molecule has 28 heavy (non-hydrogen) atoms. The van der Waals surface area contributed by atoms with Gasteiger partial charge in [0.2, 0.25) is 5.78 Å². The van der Waals surface area contributed by atoms with Crippen LogP contribution in [0.2, 0.25) is 0 Å². The van der Waals surface area contributed by atoms with Crippen LogP contribution < -0.4 is 11.1 Å². The smallest absolute Gasteiger partial charge is 0.262 e. The number of thiophene rings is 1. The average Bonchev–Trinajstić information content (AvgIpc) is 3.24. The Balaban J connectivity index is 1.77. The maximum Gasteiger partial charge on any atom is 0.262 e. The van der Waals surface area contributed by atoms with E-state index in [1.54, 1.807) is 19.4 Å². The standard InChI is InChI=1S/C19H16N6O2S/c1-10-11(2)28-16-15(10)18(27)24(9-20-16)8-14-21-22-19-23(3)17(26)12-6-4-5-7-13(12)25(14)19/h4-7,9H,8H2,1-3H3.